The molecule has 1 N–H and O–H groups in total. The number of nitrogens with one attached hydrogen (secondary N) is 1. The molecule has 2 aliphatic heterocycles. The molecule has 0 aliphatic carbocycles. The number of rotatable bonds is 2. The average Bonchev–Trinajstić information content (AvgIpc) is 2.81. The molecule has 0 aromatic carbocycles. The summed E-state index contributed by atoms with van der Waals surface area (Å²) in [7, 11) is 0. The Morgan fingerprint density at radius 1 is 1.11 bits per heavy atom. The monoisotopic (exact) mass is 247 g/mol. The Kier molecular flexibility index (Phi) is 3.16. The van der Waals surface area contributed by atoms with Crippen LogP contribution in [0.3, 0.4) is 0 Å². The molecule has 0 bridgehead atoms. The molecule has 2 fully saturated rings. The Balaban J connectivity index is 1.64. The van der Waals surface area contributed by atoms with E-state index in [2.05, 4.69) is 25.4 Å². The highest BCUT2D eigenvalue weighted by atomic mass is 15.3. The normalized spacial score (nSPS) is 28.1. The smallest absolute Gasteiger partial charge is 0.243 e. The van der Waals surface area contributed by atoms with Crippen molar-refractivity contribution in [2.75, 3.05) is 18.4 Å². The van der Waals surface area contributed by atoms with Crippen molar-refractivity contribution >= 4 is 5.95 Å². The summed E-state index contributed by atoms with van der Waals surface area (Å²) < 4.78 is 0. The van der Waals surface area contributed by atoms with Crippen LogP contribution in [0.15, 0.2) is 0 Å². The van der Waals surface area contributed by atoms with Gasteiger partial charge in [-0.25, -0.2) is 4.98 Å². The number of piperidine rings is 1. The predicted octanol–water partition coefficient (Wildman–Crippen LogP) is 1.53. The van der Waals surface area contributed by atoms with Crippen LogP contribution >= 0.6 is 0 Å². The molecule has 18 heavy (non-hydrogen) atoms. The molecule has 2 saturated heterocycles. The largest absolute Gasteiger partial charge is 0.350 e. The topological polar surface area (TPSA) is 53.9 Å². The standard InChI is InChI=1S/C13H21N5/c1-9-10(2)16-17-13(14-9)15-11-5-7-18-6-3-4-12(18)8-11/h11-12H,3-8H2,1-2H3,(H,14,15,17). The number of anilines is 1. The van der Waals surface area contributed by atoms with Gasteiger partial charge in [0.25, 0.3) is 0 Å². The molecule has 0 radical (unpaired) electrons. The Bertz CT molecular complexity index is 433. The summed E-state index contributed by atoms with van der Waals surface area (Å²) in [5, 5.41) is 11.7. The molecule has 3 heterocycles. The van der Waals surface area contributed by atoms with Crippen LogP contribution < -0.4 is 5.32 Å². The van der Waals surface area contributed by atoms with Gasteiger partial charge in [-0.3, -0.25) is 0 Å². The molecule has 1 aromatic rings. The van der Waals surface area contributed by atoms with E-state index in [4.69, 9.17) is 0 Å². The van der Waals surface area contributed by atoms with E-state index in [1.165, 1.54) is 38.8 Å². The van der Waals surface area contributed by atoms with Gasteiger partial charge in [-0.15, -0.1) is 5.10 Å². The highest BCUT2D eigenvalue weighted by Gasteiger charge is 2.31. The van der Waals surface area contributed by atoms with E-state index in [1.807, 2.05) is 13.8 Å². The van der Waals surface area contributed by atoms with Crippen LogP contribution in [-0.4, -0.2) is 45.3 Å². The molecule has 2 aliphatic rings. The van der Waals surface area contributed by atoms with Gasteiger partial charge in [0, 0.05) is 18.6 Å². The quantitative estimate of drug-likeness (QED) is 0.859. The molecule has 5 heteroatoms. The minimum absolute atomic E-state index is 0.508. The fourth-order valence-electron chi connectivity index (χ4n) is 3.06. The van der Waals surface area contributed by atoms with Crippen LogP contribution in [0.2, 0.25) is 0 Å². The molecule has 3 rings (SSSR count). The lowest BCUT2D eigenvalue weighted by atomic mass is 9.98. The van der Waals surface area contributed by atoms with Gasteiger partial charge in [0.05, 0.1) is 11.4 Å². The fourth-order valence-corrected chi connectivity index (χ4v) is 3.06. The van der Waals surface area contributed by atoms with E-state index in [0.717, 1.165) is 17.4 Å². The molecule has 0 saturated carbocycles. The van der Waals surface area contributed by atoms with Crippen molar-refractivity contribution in [3.8, 4) is 0 Å². The SMILES string of the molecule is Cc1nnc(NC2CCN3CCCC3C2)nc1C. The second kappa shape index (κ2) is 4.80. The van der Waals surface area contributed by atoms with Crippen molar-refractivity contribution < 1.29 is 0 Å². The summed E-state index contributed by atoms with van der Waals surface area (Å²) in [5.74, 6) is 0.689. The van der Waals surface area contributed by atoms with Crippen molar-refractivity contribution in [1.29, 1.82) is 0 Å². The highest BCUT2D eigenvalue weighted by molar-refractivity contribution is 5.26. The molecular formula is C13H21N5. The predicted molar refractivity (Wildman–Crippen MR) is 70.5 cm³/mol. The number of nitrogens with zero attached hydrogens (tertiary/aromatic N) is 4. The Morgan fingerprint density at radius 2 is 2.00 bits per heavy atom. The third kappa shape index (κ3) is 2.32. The highest BCUT2D eigenvalue weighted by Crippen LogP contribution is 2.27. The van der Waals surface area contributed by atoms with Crippen molar-refractivity contribution in [3.05, 3.63) is 11.4 Å². The Morgan fingerprint density at radius 3 is 2.83 bits per heavy atom. The number of aryl methyl sites for hydroxylation is 2. The first-order valence-electron chi connectivity index (χ1n) is 6.91. The zero-order valence-electron chi connectivity index (χ0n) is 11.2. The van der Waals surface area contributed by atoms with Crippen LogP contribution in [0, 0.1) is 13.8 Å². The first-order chi connectivity index (χ1) is 8.72. The number of aromatic nitrogens is 3. The summed E-state index contributed by atoms with van der Waals surface area (Å²) in [4.78, 5) is 7.08. The van der Waals surface area contributed by atoms with Crippen molar-refractivity contribution in [3.63, 3.8) is 0 Å². The summed E-state index contributed by atoms with van der Waals surface area (Å²) in [6.45, 7) is 6.42. The van der Waals surface area contributed by atoms with E-state index in [9.17, 15) is 0 Å². The van der Waals surface area contributed by atoms with Crippen LogP contribution in [-0.2, 0) is 0 Å². The summed E-state index contributed by atoms with van der Waals surface area (Å²) in [5.41, 5.74) is 1.87. The first kappa shape index (κ1) is 11.8. The van der Waals surface area contributed by atoms with E-state index < -0.39 is 0 Å². The van der Waals surface area contributed by atoms with Crippen molar-refractivity contribution in [2.45, 2.75) is 51.6 Å². The number of fused-ring (bicyclic) bond motifs is 1. The minimum atomic E-state index is 0.508. The maximum atomic E-state index is 4.45. The van der Waals surface area contributed by atoms with Gasteiger partial charge in [0.1, 0.15) is 0 Å². The van der Waals surface area contributed by atoms with Gasteiger partial charge in [-0.1, -0.05) is 0 Å². The number of hydrogen-bond acceptors (Lipinski definition) is 5. The molecule has 0 spiro atoms. The Hall–Kier alpha value is -1.23. The maximum absolute atomic E-state index is 4.45. The second-order valence-corrected chi connectivity index (χ2v) is 5.50. The molecule has 2 atom stereocenters. The molecule has 1 aromatic heterocycles. The van der Waals surface area contributed by atoms with Gasteiger partial charge in [0.2, 0.25) is 5.95 Å². The fraction of sp³-hybridized carbons (Fsp3) is 0.769. The molecule has 2 unspecified atom stereocenters. The molecular weight excluding hydrogens is 226 g/mol. The van der Waals surface area contributed by atoms with Crippen molar-refractivity contribution in [1.82, 2.24) is 20.1 Å². The van der Waals surface area contributed by atoms with Crippen molar-refractivity contribution in [2.24, 2.45) is 0 Å². The van der Waals surface area contributed by atoms with Gasteiger partial charge in [0.15, 0.2) is 0 Å². The molecule has 0 amide bonds. The Labute approximate surface area is 108 Å². The third-order valence-electron chi connectivity index (χ3n) is 4.25. The van der Waals surface area contributed by atoms with E-state index in [-0.39, 0.29) is 0 Å². The molecule has 98 valence electrons. The van der Waals surface area contributed by atoms with Gasteiger partial charge in [-0.2, -0.15) is 5.10 Å². The average molecular weight is 247 g/mol. The molecule has 5 nitrogen and oxygen atoms in total. The van der Waals surface area contributed by atoms with E-state index >= 15 is 0 Å². The van der Waals surface area contributed by atoms with E-state index in [0.29, 0.717) is 12.0 Å². The summed E-state index contributed by atoms with van der Waals surface area (Å²) in [6, 6.07) is 1.28. The lowest BCUT2D eigenvalue weighted by Crippen LogP contribution is -2.43. The lowest BCUT2D eigenvalue weighted by Gasteiger charge is -2.35. The number of hydrogen-bond donors (Lipinski definition) is 1. The summed E-state index contributed by atoms with van der Waals surface area (Å²) in [6.07, 6.45) is 5.12. The van der Waals surface area contributed by atoms with E-state index in [1.54, 1.807) is 0 Å². The zero-order chi connectivity index (χ0) is 12.5. The van der Waals surface area contributed by atoms with Gasteiger partial charge < -0.3 is 10.2 Å². The minimum Gasteiger partial charge on any atom is -0.350 e. The zero-order valence-corrected chi connectivity index (χ0v) is 11.2. The summed E-state index contributed by atoms with van der Waals surface area (Å²) >= 11 is 0. The second-order valence-electron chi connectivity index (χ2n) is 5.50. The van der Waals surface area contributed by atoms with Crippen LogP contribution in [0.1, 0.15) is 37.1 Å². The van der Waals surface area contributed by atoms with Crippen LogP contribution in [0.25, 0.3) is 0 Å². The van der Waals surface area contributed by atoms with Gasteiger partial charge in [-0.05, 0) is 46.1 Å². The van der Waals surface area contributed by atoms with Crippen LogP contribution in [0.5, 0.6) is 0 Å². The van der Waals surface area contributed by atoms with Crippen LogP contribution in [0.4, 0.5) is 5.95 Å². The lowest BCUT2D eigenvalue weighted by molar-refractivity contribution is 0.187. The maximum Gasteiger partial charge on any atom is 0.243 e. The first-order valence-corrected chi connectivity index (χ1v) is 6.91. The third-order valence-corrected chi connectivity index (χ3v) is 4.25. The van der Waals surface area contributed by atoms with Gasteiger partial charge >= 0.3 is 0 Å².